The lowest BCUT2D eigenvalue weighted by Crippen LogP contribution is -2.29. The van der Waals surface area contributed by atoms with Gasteiger partial charge in [-0.1, -0.05) is 60.1 Å². The molecule has 1 amide bonds. The van der Waals surface area contributed by atoms with E-state index in [1.807, 2.05) is 54.6 Å². The van der Waals surface area contributed by atoms with E-state index in [1.54, 1.807) is 4.90 Å². The van der Waals surface area contributed by atoms with E-state index in [0.29, 0.717) is 17.9 Å². The number of fused-ring (bicyclic) bond motifs is 1. The van der Waals surface area contributed by atoms with E-state index in [0.717, 1.165) is 16.8 Å². The third-order valence-corrected chi connectivity index (χ3v) is 4.51. The maximum absolute atomic E-state index is 13.4. The van der Waals surface area contributed by atoms with Gasteiger partial charge in [-0.2, -0.15) is 0 Å². The minimum absolute atomic E-state index is 0.0216. The predicted octanol–water partition coefficient (Wildman–Crippen LogP) is 5.15. The van der Waals surface area contributed by atoms with Crippen LogP contribution in [0.4, 0.5) is 15.8 Å². The molecule has 0 aliphatic carbocycles. The summed E-state index contributed by atoms with van der Waals surface area (Å²) in [7, 11) is 0. The molecule has 0 unspecified atom stereocenters. The second-order valence-electron chi connectivity index (χ2n) is 5.95. The van der Waals surface area contributed by atoms with Gasteiger partial charge < -0.3 is 4.90 Å². The standard InChI is InChI=1S/C21H14ClFN2O/c22-17-12-15(10-11-18(17)23)24-20-16-8-4-5-9-19(16)25(21(20)26)13-14-6-2-1-3-7-14/h1-12H,13H2. The van der Waals surface area contributed by atoms with Crippen molar-refractivity contribution in [3.63, 3.8) is 0 Å². The van der Waals surface area contributed by atoms with Crippen molar-refractivity contribution >= 4 is 34.6 Å². The van der Waals surface area contributed by atoms with Crippen LogP contribution in [0.2, 0.25) is 5.02 Å². The number of benzene rings is 3. The Hall–Kier alpha value is -2.98. The Balaban J connectivity index is 1.76. The van der Waals surface area contributed by atoms with E-state index in [-0.39, 0.29) is 10.9 Å². The molecule has 4 rings (SSSR count). The van der Waals surface area contributed by atoms with Gasteiger partial charge in [0.2, 0.25) is 0 Å². The molecule has 0 aromatic heterocycles. The van der Waals surface area contributed by atoms with Crippen molar-refractivity contribution in [1.29, 1.82) is 0 Å². The van der Waals surface area contributed by atoms with Gasteiger partial charge in [0.05, 0.1) is 22.9 Å². The van der Waals surface area contributed by atoms with Gasteiger partial charge in [0, 0.05) is 5.56 Å². The van der Waals surface area contributed by atoms with Crippen LogP contribution in [-0.4, -0.2) is 11.6 Å². The first-order chi connectivity index (χ1) is 12.6. The zero-order valence-corrected chi connectivity index (χ0v) is 14.4. The fourth-order valence-electron chi connectivity index (χ4n) is 2.98. The Morgan fingerprint density at radius 1 is 0.962 bits per heavy atom. The molecular weight excluding hydrogens is 351 g/mol. The third kappa shape index (κ3) is 3.00. The summed E-state index contributed by atoms with van der Waals surface area (Å²) in [5, 5.41) is -0.0216. The van der Waals surface area contributed by atoms with Gasteiger partial charge in [-0.05, 0) is 29.8 Å². The van der Waals surface area contributed by atoms with Crippen LogP contribution in [0.15, 0.2) is 77.8 Å². The smallest absolute Gasteiger partial charge is 0.277 e. The Morgan fingerprint density at radius 3 is 2.46 bits per heavy atom. The summed E-state index contributed by atoms with van der Waals surface area (Å²) in [6.07, 6.45) is 0. The number of carbonyl (C=O) groups is 1. The largest absolute Gasteiger partial charge is 0.302 e. The van der Waals surface area contributed by atoms with E-state index < -0.39 is 5.82 Å². The van der Waals surface area contributed by atoms with Crippen molar-refractivity contribution in [1.82, 2.24) is 0 Å². The fraction of sp³-hybridized carbons (Fsp3) is 0.0476. The molecule has 0 saturated heterocycles. The van der Waals surface area contributed by atoms with Crippen LogP contribution in [-0.2, 0) is 11.3 Å². The first-order valence-corrected chi connectivity index (χ1v) is 8.50. The van der Waals surface area contributed by atoms with E-state index in [4.69, 9.17) is 11.6 Å². The van der Waals surface area contributed by atoms with E-state index >= 15 is 0 Å². The lowest BCUT2D eigenvalue weighted by atomic mass is 10.1. The monoisotopic (exact) mass is 364 g/mol. The number of aliphatic imine (C=N–C) groups is 1. The number of para-hydroxylation sites is 1. The quantitative estimate of drug-likeness (QED) is 0.632. The summed E-state index contributed by atoms with van der Waals surface area (Å²) < 4.78 is 13.4. The molecular formula is C21H14ClFN2O. The third-order valence-electron chi connectivity index (χ3n) is 4.23. The number of hydrogen-bond donors (Lipinski definition) is 0. The molecule has 0 spiro atoms. The number of rotatable bonds is 3. The van der Waals surface area contributed by atoms with Crippen LogP contribution in [0.25, 0.3) is 0 Å². The van der Waals surface area contributed by atoms with Gasteiger partial charge in [-0.15, -0.1) is 0 Å². The molecule has 3 aromatic rings. The number of halogens is 2. The summed E-state index contributed by atoms with van der Waals surface area (Å²) >= 11 is 5.83. The molecule has 0 saturated carbocycles. The zero-order valence-electron chi connectivity index (χ0n) is 13.7. The number of amides is 1. The Bertz CT molecular complexity index is 1020. The minimum Gasteiger partial charge on any atom is -0.302 e. The lowest BCUT2D eigenvalue weighted by Gasteiger charge is -2.16. The van der Waals surface area contributed by atoms with Gasteiger partial charge in [0.15, 0.2) is 0 Å². The molecule has 1 aliphatic rings. The molecule has 0 atom stereocenters. The van der Waals surface area contributed by atoms with Crippen LogP contribution < -0.4 is 4.90 Å². The van der Waals surface area contributed by atoms with Crippen LogP contribution in [0.5, 0.6) is 0 Å². The molecule has 128 valence electrons. The topological polar surface area (TPSA) is 32.7 Å². The highest BCUT2D eigenvalue weighted by atomic mass is 35.5. The van der Waals surface area contributed by atoms with Gasteiger partial charge in [-0.25, -0.2) is 9.38 Å². The highest BCUT2D eigenvalue weighted by Gasteiger charge is 2.33. The number of hydrogen-bond acceptors (Lipinski definition) is 2. The molecule has 26 heavy (non-hydrogen) atoms. The number of anilines is 1. The molecule has 3 nitrogen and oxygen atoms in total. The zero-order chi connectivity index (χ0) is 18.1. The van der Waals surface area contributed by atoms with Crippen molar-refractivity contribution in [3.8, 4) is 0 Å². The van der Waals surface area contributed by atoms with Crippen molar-refractivity contribution in [2.24, 2.45) is 4.99 Å². The van der Waals surface area contributed by atoms with E-state index in [1.165, 1.54) is 18.2 Å². The van der Waals surface area contributed by atoms with Crippen LogP contribution >= 0.6 is 11.6 Å². The van der Waals surface area contributed by atoms with Gasteiger partial charge in [0.1, 0.15) is 11.5 Å². The Morgan fingerprint density at radius 2 is 1.69 bits per heavy atom. The summed E-state index contributed by atoms with van der Waals surface area (Å²) in [6, 6.07) is 21.5. The van der Waals surface area contributed by atoms with Crippen molar-refractivity contribution < 1.29 is 9.18 Å². The molecule has 0 radical (unpaired) electrons. The van der Waals surface area contributed by atoms with E-state index in [9.17, 15) is 9.18 Å². The van der Waals surface area contributed by atoms with Crippen molar-refractivity contribution in [2.45, 2.75) is 6.54 Å². The number of carbonyl (C=O) groups excluding carboxylic acids is 1. The molecule has 5 heteroatoms. The van der Waals surface area contributed by atoms with Crippen molar-refractivity contribution in [2.75, 3.05) is 4.90 Å². The maximum Gasteiger partial charge on any atom is 0.277 e. The number of nitrogens with zero attached hydrogens (tertiary/aromatic N) is 2. The van der Waals surface area contributed by atoms with Gasteiger partial charge in [-0.3, -0.25) is 4.79 Å². The molecule has 1 heterocycles. The highest BCUT2D eigenvalue weighted by molar-refractivity contribution is 6.54. The second-order valence-corrected chi connectivity index (χ2v) is 6.36. The molecule has 0 N–H and O–H groups in total. The highest BCUT2D eigenvalue weighted by Crippen LogP contribution is 2.32. The first kappa shape index (κ1) is 16.5. The first-order valence-electron chi connectivity index (χ1n) is 8.12. The molecule has 3 aromatic carbocycles. The normalized spacial score (nSPS) is 14.8. The fourth-order valence-corrected chi connectivity index (χ4v) is 3.15. The summed E-state index contributed by atoms with van der Waals surface area (Å²) in [5.41, 5.74) is 3.37. The van der Waals surface area contributed by atoms with Crippen LogP contribution in [0.1, 0.15) is 11.1 Å². The van der Waals surface area contributed by atoms with Gasteiger partial charge in [0.25, 0.3) is 5.91 Å². The second kappa shape index (κ2) is 6.73. The average Bonchev–Trinajstić information content (AvgIpc) is 2.92. The van der Waals surface area contributed by atoms with Crippen LogP contribution in [0.3, 0.4) is 0 Å². The Kier molecular flexibility index (Phi) is 4.27. The van der Waals surface area contributed by atoms with Crippen molar-refractivity contribution in [3.05, 3.63) is 94.8 Å². The van der Waals surface area contributed by atoms with Crippen LogP contribution in [0, 0.1) is 5.82 Å². The molecule has 0 fully saturated rings. The summed E-state index contributed by atoms with van der Waals surface area (Å²) in [4.78, 5) is 19.2. The minimum atomic E-state index is -0.514. The lowest BCUT2D eigenvalue weighted by molar-refractivity contribution is -0.112. The predicted molar refractivity (Wildman–Crippen MR) is 102 cm³/mol. The molecule has 1 aliphatic heterocycles. The average molecular weight is 365 g/mol. The SMILES string of the molecule is O=C1C(=Nc2ccc(F)c(Cl)c2)c2ccccc2N1Cc1ccccc1. The van der Waals surface area contributed by atoms with Gasteiger partial charge >= 0.3 is 0 Å². The molecule has 0 bridgehead atoms. The van der Waals surface area contributed by atoms with E-state index in [2.05, 4.69) is 4.99 Å². The maximum atomic E-state index is 13.4. The summed E-state index contributed by atoms with van der Waals surface area (Å²) in [5.74, 6) is -0.699. The Labute approximate surface area is 155 Å². The summed E-state index contributed by atoms with van der Waals surface area (Å²) in [6.45, 7) is 0.458.